The van der Waals surface area contributed by atoms with Crippen LogP contribution in [0, 0.1) is 10.1 Å². The summed E-state index contributed by atoms with van der Waals surface area (Å²) in [4.78, 5) is 10.8. The van der Waals surface area contributed by atoms with E-state index in [1.165, 1.54) is 0 Å². The number of nitrogens with zero attached hydrogens (tertiary/aromatic N) is 1. The lowest BCUT2D eigenvalue weighted by Crippen LogP contribution is -2.52. The fraction of sp³-hybridized carbons (Fsp3) is 0.400. The van der Waals surface area contributed by atoms with Gasteiger partial charge in [0.1, 0.15) is 0 Å². The SMILES string of the molecule is O=[N+]([O-])C1(c2ccccc2)CNCCO1. The van der Waals surface area contributed by atoms with Crippen molar-refractivity contribution in [2.24, 2.45) is 0 Å². The number of hydrogen-bond donors (Lipinski definition) is 1. The Morgan fingerprint density at radius 1 is 1.40 bits per heavy atom. The van der Waals surface area contributed by atoms with Crippen molar-refractivity contribution in [3.05, 3.63) is 46.0 Å². The summed E-state index contributed by atoms with van der Waals surface area (Å²) in [7, 11) is 0. The summed E-state index contributed by atoms with van der Waals surface area (Å²) in [6.07, 6.45) is 0. The standard InChI is InChI=1S/C10H12N2O3/c13-12(14)10(8-11-6-7-15-10)9-4-2-1-3-5-9/h1-5,11H,6-8H2. The highest BCUT2D eigenvalue weighted by Gasteiger charge is 2.47. The van der Waals surface area contributed by atoms with Gasteiger partial charge in [0, 0.05) is 6.54 Å². The molecule has 1 aliphatic rings. The molecule has 5 heteroatoms. The van der Waals surface area contributed by atoms with Gasteiger partial charge in [-0.05, 0) is 12.1 Å². The average molecular weight is 208 g/mol. The zero-order chi connectivity index (χ0) is 10.7. The second kappa shape index (κ2) is 3.96. The number of nitro groups is 1. The first kappa shape index (κ1) is 10.1. The van der Waals surface area contributed by atoms with Crippen LogP contribution in [0.5, 0.6) is 0 Å². The maximum absolute atomic E-state index is 11.1. The van der Waals surface area contributed by atoms with Gasteiger partial charge in [-0.15, -0.1) is 0 Å². The van der Waals surface area contributed by atoms with E-state index in [9.17, 15) is 10.1 Å². The first-order valence-electron chi connectivity index (χ1n) is 4.80. The Balaban J connectivity index is 2.38. The number of rotatable bonds is 2. The number of morpholine rings is 1. The minimum Gasteiger partial charge on any atom is -0.309 e. The smallest absolute Gasteiger partial charge is 0.309 e. The van der Waals surface area contributed by atoms with Gasteiger partial charge in [0.05, 0.1) is 23.6 Å². The first-order valence-corrected chi connectivity index (χ1v) is 4.80. The summed E-state index contributed by atoms with van der Waals surface area (Å²) >= 11 is 0. The van der Waals surface area contributed by atoms with Crippen LogP contribution < -0.4 is 5.32 Å². The number of ether oxygens (including phenoxy) is 1. The van der Waals surface area contributed by atoms with Gasteiger partial charge < -0.3 is 10.1 Å². The lowest BCUT2D eigenvalue weighted by atomic mass is 10.0. The third-order valence-electron chi connectivity index (χ3n) is 2.50. The van der Waals surface area contributed by atoms with E-state index in [4.69, 9.17) is 4.74 Å². The molecule has 2 rings (SSSR count). The molecule has 80 valence electrons. The zero-order valence-electron chi connectivity index (χ0n) is 8.18. The minimum atomic E-state index is -1.42. The van der Waals surface area contributed by atoms with Crippen LogP contribution in [0.2, 0.25) is 0 Å². The molecule has 1 saturated heterocycles. The molecular weight excluding hydrogens is 196 g/mol. The van der Waals surface area contributed by atoms with Crippen molar-refractivity contribution in [1.82, 2.24) is 5.32 Å². The molecule has 0 amide bonds. The van der Waals surface area contributed by atoms with E-state index in [0.717, 1.165) is 0 Å². The van der Waals surface area contributed by atoms with Crippen molar-refractivity contribution in [3.63, 3.8) is 0 Å². The summed E-state index contributed by atoms with van der Waals surface area (Å²) in [5, 5.41) is 14.1. The third-order valence-corrected chi connectivity index (χ3v) is 2.50. The molecule has 0 radical (unpaired) electrons. The van der Waals surface area contributed by atoms with Crippen molar-refractivity contribution in [2.75, 3.05) is 19.7 Å². The Hall–Kier alpha value is -1.46. The Labute approximate surface area is 87.2 Å². The van der Waals surface area contributed by atoms with E-state index in [-0.39, 0.29) is 11.5 Å². The first-order chi connectivity index (χ1) is 7.26. The van der Waals surface area contributed by atoms with Crippen molar-refractivity contribution in [3.8, 4) is 0 Å². The molecule has 5 nitrogen and oxygen atoms in total. The van der Waals surface area contributed by atoms with E-state index in [2.05, 4.69) is 5.32 Å². The third kappa shape index (κ3) is 1.71. The summed E-state index contributed by atoms with van der Waals surface area (Å²) in [6.45, 7) is 1.22. The van der Waals surface area contributed by atoms with E-state index in [0.29, 0.717) is 18.7 Å². The molecule has 0 saturated carbocycles. The molecule has 0 spiro atoms. The van der Waals surface area contributed by atoms with Crippen molar-refractivity contribution >= 4 is 0 Å². The molecule has 0 aromatic heterocycles. The highest BCUT2D eigenvalue weighted by atomic mass is 16.7. The molecule has 1 unspecified atom stereocenters. The molecule has 1 aliphatic heterocycles. The molecule has 1 N–H and O–H groups in total. The molecule has 1 fully saturated rings. The molecule has 1 aromatic rings. The van der Waals surface area contributed by atoms with E-state index in [1.54, 1.807) is 24.3 Å². The Morgan fingerprint density at radius 2 is 2.13 bits per heavy atom. The maximum Gasteiger partial charge on any atom is 0.363 e. The van der Waals surface area contributed by atoms with Gasteiger partial charge in [0.25, 0.3) is 0 Å². The van der Waals surface area contributed by atoms with Crippen LogP contribution in [0.3, 0.4) is 0 Å². The Morgan fingerprint density at radius 3 is 2.67 bits per heavy atom. The second-order valence-corrected chi connectivity index (χ2v) is 3.43. The van der Waals surface area contributed by atoms with Gasteiger partial charge in [-0.1, -0.05) is 18.2 Å². The van der Waals surface area contributed by atoms with Crippen molar-refractivity contribution in [2.45, 2.75) is 5.72 Å². The summed E-state index contributed by atoms with van der Waals surface area (Å²) in [5.74, 6) is 0. The van der Waals surface area contributed by atoms with Gasteiger partial charge in [-0.2, -0.15) is 0 Å². The highest BCUT2D eigenvalue weighted by Crippen LogP contribution is 2.27. The van der Waals surface area contributed by atoms with Crippen LogP contribution in [-0.2, 0) is 10.5 Å². The van der Waals surface area contributed by atoms with E-state index >= 15 is 0 Å². The van der Waals surface area contributed by atoms with Gasteiger partial charge in [0.2, 0.25) is 0 Å². The van der Waals surface area contributed by atoms with Gasteiger partial charge >= 0.3 is 5.72 Å². The molecule has 1 atom stereocenters. The predicted molar refractivity (Wildman–Crippen MR) is 53.9 cm³/mol. The van der Waals surface area contributed by atoms with E-state index < -0.39 is 5.72 Å². The molecule has 0 bridgehead atoms. The Kier molecular flexibility index (Phi) is 2.66. The van der Waals surface area contributed by atoms with Crippen LogP contribution in [0.1, 0.15) is 5.56 Å². The molecule has 0 aliphatic carbocycles. The molecule has 1 heterocycles. The number of benzene rings is 1. The Bertz CT molecular complexity index is 347. The number of nitrogens with one attached hydrogen (secondary N) is 1. The lowest BCUT2D eigenvalue weighted by molar-refractivity contribution is -0.642. The summed E-state index contributed by atoms with van der Waals surface area (Å²) in [5.41, 5.74) is -0.832. The summed E-state index contributed by atoms with van der Waals surface area (Å²) in [6, 6.07) is 8.82. The highest BCUT2D eigenvalue weighted by molar-refractivity contribution is 5.20. The fourth-order valence-corrected chi connectivity index (χ4v) is 1.71. The minimum absolute atomic E-state index is 0.212. The average Bonchev–Trinajstić information content (AvgIpc) is 2.31. The zero-order valence-corrected chi connectivity index (χ0v) is 8.18. The second-order valence-electron chi connectivity index (χ2n) is 3.43. The molecule has 15 heavy (non-hydrogen) atoms. The van der Waals surface area contributed by atoms with Crippen molar-refractivity contribution < 1.29 is 9.66 Å². The van der Waals surface area contributed by atoms with Gasteiger partial charge in [0.15, 0.2) is 0 Å². The quantitative estimate of drug-likeness (QED) is 0.575. The number of hydrogen-bond acceptors (Lipinski definition) is 4. The topological polar surface area (TPSA) is 64.4 Å². The lowest BCUT2D eigenvalue weighted by Gasteiger charge is -2.29. The van der Waals surface area contributed by atoms with E-state index in [1.807, 2.05) is 6.07 Å². The van der Waals surface area contributed by atoms with Crippen LogP contribution in [0.25, 0.3) is 0 Å². The molecular formula is C10H12N2O3. The monoisotopic (exact) mass is 208 g/mol. The summed E-state index contributed by atoms with van der Waals surface area (Å²) < 4.78 is 5.35. The predicted octanol–water partition coefficient (Wildman–Crippen LogP) is 0.736. The normalized spacial score (nSPS) is 26.1. The van der Waals surface area contributed by atoms with Crippen LogP contribution in [-0.4, -0.2) is 24.6 Å². The van der Waals surface area contributed by atoms with Crippen LogP contribution >= 0.6 is 0 Å². The van der Waals surface area contributed by atoms with Crippen molar-refractivity contribution in [1.29, 1.82) is 0 Å². The van der Waals surface area contributed by atoms with Gasteiger partial charge in [-0.3, -0.25) is 10.1 Å². The fourth-order valence-electron chi connectivity index (χ4n) is 1.71. The van der Waals surface area contributed by atoms with Crippen LogP contribution in [0.15, 0.2) is 30.3 Å². The molecule has 1 aromatic carbocycles. The largest absolute Gasteiger partial charge is 0.363 e. The maximum atomic E-state index is 11.1. The van der Waals surface area contributed by atoms with Gasteiger partial charge in [-0.25, -0.2) is 0 Å². The van der Waals surface area contributed by atoms with Crippen LogP contribution in [0.4, 0.5) is 0 Å².